The maximum atomic E-state index is 11.8. The molecule has 1 aromatic carbocycles. The van der Waals surface area contributed by atoms with Gasteiger partial charge in [-0.25, -0.2) is 0 Å². The number of nitrogens with one attached hydrogen (secondary N) is 2. The summed E-state index contributed by atoms with van der Waals surface area (Å²) in [5.74, 6) is -0.122. The van der Waals surface area contributed by atoms with Crippen LogP contribution in [0, 0.1) is 0 Å². The molecule has 1 aromatic heterocycles. The number of H-pyrrole nitrogens is 1. The molecule has 88 valence electrons. The summed E-state index contributed by atoms with van der Waals surface area (Å²) in [5.41, 5.74) is 1.61. The van der Waals surface area contributed by atoms with Crippen molar-refractivity contribution in [2.75, 3.05) is 0 Å². The highest BCUT2D eigenvalue weighted by atomic mass is 79.9. The molecule has 0 saturated carbocycles. The van der Waals surface area contributed by atoms with Crippen LogP contribution in [-0.2, 0) is 6.54 Å². The van der Waals surface area contributed by atoms with Crippen molar-refractivity contribution in [2.45, 2.75) is 6.54 Å². The van der Waals surface area contributed by atoms with E-state index in [1.165, 1.54) is 0 Å². The maximum absolute atomic E-state index is 11.8. The first-order valence-electron chi connectivity index (χ1n) is 5.02. The Morgan fingerprint density at radius 3 is 2.88 bits per heavy atom. The van der Waals surface area contributed by atoms with E-state index in [1.807, 2.05) is 18.5 Å². The summed E-state index contributed by atoms with van der Waals surface area (Å²) in [4.78, 5) is 14.8. The normalized spacial score (nSPS) is 10.2. The topological polar surface area (TPSA) is 44.9 Å². The first-order valence-corrected chi connectivity index (χ1v) is 6.19. The van der Waals surface area contributed by atoms with Crippen molar-refractivity contribution >= 4 is 33.4 Å². The average Bonchev–Trinajstić information content (AvgIpc) is 2.82. The van der Waals surface area contributed by atoms with Crippen LogP contribution in [0.15, 0.2) is 41.1 Å². The number of hydrogen-bond donors (Lipinski definition) is 2. The van der Waals surface area contributed by atoms with E-state index in [1.54, 1.807) is 18.2 Å². The standard InChI is InChI=1S/C12H10BrClN2O/c13-10-5-9(1-2-11(10)14)12(17)16-7-8-3-4-15-6-8/h1-6,15H,7H2,(H,16,17). The van der Waals surface area contributed by atoms with Gasteiger partial charge in [0.2, 0.25) is 0 Å². The van der Waals surface area contributed by atoms with Gasteiger partial charge in [0.15, 0.2) is 0 Å². The Balaban J connectivity index is 2.02. The smallest absolute Gasteiger partial charge is 0.251 e. The van der Waals surface area contributed by atoms with E-state index in [2.05, 4.69) is 26.2 Å². The third-order valence-corrected chi connectivity index (χ3v) is 3.51. The summed E-state index contributed by atoms with van der Waals surface area (Å²) in [5, 5.41) is 3.42. The number of aromatic nitrogens is 1. The van der Waals surface area contributed by atoms with E-state index in [4.69, 9.17) is 11.6 Å². The van der Waals surface area contributed by atoms with Gasteiger partial charge < -0.3 is 10.3 Å². The zero-order chi connectivity index (χ0) is 12.3. The van der Waals surface area contributed by atoms with Gasteiger partial charge in [-0.3, -0.25) is 4.79 Å². The zero-order valence-electron chi connectivity index (χ0n) is 8.84. The summed E-state index contributed by atoms with van der Waals surface area (Å²) in [6, 6.07) is 7.00. The molecule has 1 heterocycles. The molecule has 17 heavy (non-hydrogen) atoms. The largest absolute Gasteiger partial charge is 0.367 e. The predicted octanol–water partition coefficient (Wildman–Crippen LogP) is 3.36. The van der Waals surface area contributed by atoms with Crippen molar-refractivity contribution in [3.8, 4) is 0 Å². The third-order valence-electron chi connectivity index (χ3n) is 2.30. The number of aromatic amines is 1. The fraction of sp³-hybridized carbons (Fsp3) is 0.0833. The first-order chi connectivity index (χ1) is 8.16. The van der Waals surface area contributed by atoms with Gasteiger partial charge in [-0.15, -0.1) is 0 Å². The number of benzene rings is 1. The van der Waals surface area contributed by atoms with Crippen LogP contribution in [0.4, 0.5) is 0 Å². The van der Waals surface area contributed by atoms with Gasteiger partial charge >= 0.3 is 0 Å². The van der Waals surface area contributed by atoms with Crippen molar-refractivity contribution < 1.29 is 4.79 Å². The fourth-order valence-corrected chi connectivity index (χ4v) is 1.89. The predicted molar refractivity (Wildman–Crippen MR) is 71.1 cm³/mol. The molecule has 2 N–H and O–H groups in total. The number of carbonyl (C=O) groups excluding carboxylic acids is 1. The maximum Gasteiger partial charge on any atom is 0.251 e. The lowest BCUT2D eigenvalue weighted by Gasteiger charge is -2.05. The number of amides is 1. The van der Waals surface area contributed by atoms with E-state index in [-0.39, 0.29) is 5.91 Å². The summed E-state index contributed by atoms with van der Waals surface area (Å²) in [6.45, 7) is 0.503. The van der Waals surface area contributed by atoms with E-state index >= 15 is 0 Å². The summed E-state index contributed by atoms with van der Waals surface area (Å²) in [6.07, 6.45) is 3.67. The highest BCUT2D eigenvalue weighted by molar-refractivity contribution is 9.10. The van der Waals surface area contributed by atoms with Crippen molar-refractivity contribution in [3.63, 3.8) is 0 Å². The molecule has 5 heteroatoms. The van der Waals surface area contributed by atoms with Gasteiger partial charge in [0.1, 0.15) is 0 Å². The fourth-order valence-electron chi connectivity index (χ4n) is 1.39. The second kappa shape index (κ2) is 5.38. The second-order valence-electron chi connectivity index (χ2n) is 3.53. The Kier molecular flexibility index (Phi) is 3.86. The summed E-state index contributed by atoms with van der Waals surface area (Å²) < 4.78 is 0.716. The molecule has 0 atom stereocenters. The third kappa shape index (κ3) is 3.11. The zero-order valence-corrected chi connectivity index (χ0v) is 11.2. The molecule has 0 aliphatic rings. The van der Waals surface area contributed by atoms with Crippen LogP contribution in [0.2, 0.25) is 5.02 Å². The van der Waals surface area contributed by atoms with Crippen LogP contribution in [0.3, 0.4) is 0 Å². The van der Waals surface area contributed by atoms with Crippen molar-refractivity contribution in [2.24, 2.45) is 0 Å². The molecule has 0 spiro atoms. The molecule has 0 aliphatic heterocycles. The number of carbonyl (C=O) groups is 1. The van der Waals surface area contributed by atoms with Crippen LogP contribution in [0.25, 0.3) is 0 Å². The lowest BCUT2D eigenvalue weighted by molar-refractivity contribution is 0.0951. The molecule has 0 fully saturated rings. The molecule has 3 nitrogen and oxygen atoms in total. The molecule has 0 radical (unpaired) electrons. The molecule has 1 amide bonds. The minimum atomic E-state index is -0.122. The molecule has 0 bridgehead atoms. The lowest BCUT2D eigenvalue weighted by Crippen LogP contribution is -2.22. The number of rotatable bonds is 3. The molecule has 2 rings (SSSR count). The van der Waals surface area contributed by atoms with E-state index in [9.17, 15) is 4.79 Å². The Hall–Kier alpha value is -1.26. The van der Waals surface area contributed by atoms with Gasteiger partial charge in [-0.05, 0) is 45.8 Å². The Morgan fingerprint density at radius 2 is 2.24 bits per heavy atom. The summed E-state index contributed by atoms with van der Waals surface area (Å²) in [7, 11) is 0. The van der Waals surface area contributed by atoms with Gasteiger partial charge in [-0.1, -0.05) is 11.6 Å². The number of hydrogen-bond acceptors (Lipinski definition) is 1. The molecule has 0 unspecified atom stereocenters. The van der Waals surface area contributed by atoms with Crippen molar-refractivity contribution in [1.82, 2.24) is 10.3 Å². The summed E-state index contributed by atoms with van der Waals surface area (Å²) >= 11 is 9.15. The van der Waals surface area contributed by atoms with E-state index in [0.29, 0.717) is 21.6 Å². The van der Waals surface area contributed by atoms with Crippen molar-refractivity contribution in [1.29, 1.82) is 0 Å². The second-order valence-corrected chi connectivity index (χ2v) is 4.79. The van der Waals surface area contributed by atoms with Crippen LogP contribution in [0.1, 0.15) is 15.9 Å². The SMILES string of the molecule is O=C(NCc1cc[nH]c1)c1ccc(Cl)c(Br)c1. The highest BCUT2D eigenvalue weighted by Gasteiger charge is 2.07. The van der Waals surface area contributed by atoms with Gasteiger partial charge in [0.25, 0.3) is 5.91 Å². The molecular formula is C12H10BrClN2O. The van der Waals surface area contributed by atoms with Crippen molar-refractivity contribution in [3.05, 3.63) is 57.3 Å². The minimum Gasteiger partial charge on any atom is -0.367 e. The Morgan fingerprint density at radius 1 is 1.41 bits per heavy atom. The quantitative estimate of drug-likeness (QED) is 0.896. The number of halogens is 2. The molecule has 2 aromatic rings. The minimum absolute atomic E-state index is 0.122. The van der Waals surface area contributed by atoms with Crippen LogP contribution < -0.4 is 5.32 Å². The van der Waals surface area contributed by atoms with Crippen LogP contribution >= 0.6 is 27.5 Å². The van der Waals surface area contributed by atoms with E-state index < -0.39 is 0 Å². The van der Waals surface area contributed by atoms with Gasteiger partial charge in [0.05, 0.1) is 5.02 Å². The van der Waals surface area contributed by atoms with Crippen LogP contribution in [0.5, 0.6) is 0 Å². The molecule has 0 aliphatic carbocycles. The Labute approximate surface area is 112 Å². The monoisotopic (exact) mass is 312 g/mol. The Bertz CT molecular complexity index is 525. The van der Waals surface area contributed by atoms with Crippen LogP contribution in [-0.4, -0.2) is 10.9 Å². The first kappa shape index (κ1) is 12.2. The lowest BCUT2D eigenvalue weighted by atomic mass is 10.2. The van der Waals surface area contributed by atoms with Gasteiger partial charge in [-0.2, -0.15) is 0 Å². The highest BCUT2D eigenvalue weighted by Crippen LogP contribution is 2.23. The molecule has 0 saturated heterocycles. The van der Waals surface area contributed by atoms with Gasteiger partial charge in [0, 0.05) is 29.0 Å². The average molecular weight is 314 g/mol. The molecular weight excluding hydrogens is 304 g/mol. The van der Waals surface area contributed by atoms with E-state index in [0.717, 1.165) is 5.56 Å².